The van der Waals surface area contributed by atoms with E-state index in [0.29, 0.717) is 29.4 Å². The van der Waals surface area contributed by atoms with Crippen LogP contribution < -0.4 is 0 Å². The van der Waals surface area contributed by atoms with Gasteiger partial charge in [-0.05, 0) is 101 Å². The highest BCUT2D eigenvalue weighted by Gasteiger charge is 2.29. The molecule has 674 valence electrons. The first-order chi connectivity index (χ1) is 71.5. The van der Waals surface area contributed by atoms with E-state index in [9.17, 15) is 0 Å². The zero-order valence-corrected chi connectivity index (χ0v) is 77.9. The zero-order valence-electron chi connectivity index (χ0n) is 77.9. The highest BCUT2D eigenvalue weighted by atomic mass is 15.2. The van der Waals surface area contributed by atoms with E-state index >= 15 is 0 Å². The van der Waals surface area contributed by atoms with Crippen LogP contribution in [0.1, 0.15) is 0 Å². The van der Waals surface area contributed by atoms with Gasteiger partial charge in [0.15, 0.2) is 17.5 Å². The van der Waals surface area contributed by atoms with Gasteiger partial charge in [-0.3, -0.25) is 13.7 Å². The largest absolute Gasteiger partial charge is 0.307 e. The van der Waals surface area contributed by atoms with E-state index in [1.165, 1.54) is 70.9 Å². The third kappa shape index (κ3) is 14.4. The summed E-state index contributed by atoms with van der Waals surface area (Å²) in [6.45, 7) is 0. The maximum atomic E-state index is 5.32. The lowest BCUT2D eigenvalue weighted by molar-refractivity contribution is 0.953. The Morgan fingerprint density at radius 1 is 0.125 bits per heavy atom. The van der Waals surface area contributed by atoms with E-state index in [-0.39, 0.29) is 0 Å². The number of fused-ring (bicyclic) bond motifs is 21. The normalized spacial score (nSPS) is 11.6. The fourth-order valence-corrected chi connectivity index (χ4v) is 21.4. The fraction of sp³-hybridized carbons (Fsp3) is 0. The summed E-state index contributed by atoms with van der Waals surface area (Å²) in [5, 5.41) is 14.2. The maximum absolute atomic E-state index is 5.32. The number of nitrogens with zero attached hydrogens (tertiary/aromatic N) is 13. The molecule has 9 heterocycles. The van der Waals surface area contributed by atoms with Gasteiger partial charge in [-0.25, -0.2) is 24.9 Å². The molecule has 0 bridgehead atoms. The van der Waals surface area contributed by atoms with E-state index in [1.807, 2.05) is 72.8 Å². The minimum atomic E-state index is 0.577. The number of benzene rings is 20. The van der Waals surface area contributed by atoms with Crippen LogP contribution in [0.4, 0.5) is 0 Å². The summed E-state index contributed by atoms with van der Waals surface area (Å²) in [5.74, 6) is 4.01. The Bertz CT molecular complexity index is 9390. The molecule has 29 rings (SSSR count). The molecule has 0 atom stereocenters. The molecule has 0 saturated heterocycles. The van der Waals surface area contributed by atoms with E-state index < -0.39 is 0 Å². The van der Waals surface area contributed by atoms with Gasteiger partial charge in [-0.2, -0.15) is 9.97 Å². The smallest absolute Gasteiger partial charge is 0.238 e. The van der Waals surface area contributed by atoms with Gasteiger partial charge >= 0.3 is 0 Å². The molecule has 20 aromatic carbocycles. The molecule has 0 aliphatic rings. The molecule has 0 unspecified atom stereocenters. The van der Waals surface area contributed by atoms with Crippen LogP contribution in [0.25, 0.3) is 256 Å². The number of para-hydroxylation sites is 7. The van der Waals surface area contributed by atoms with E-state index in [2.05, 4.69) is 470 Å². The molecule has 13 nitrogen and oxygen atoms in total. The van der Waals surface area contributed by atoms with Crippen LogP contribution in [0.2, 0.25) is 0 Å². The molecule has 29 aromatic rings. The zero-order chi connectivity index (χ0) is 95.1. The minimum absolute atomic E-state index is 0.577. The van der Waals surface area contributed by atoms with Gasteiger partial charge in [-0.1, -0.05) is 431 Å². The Morgan fingerprint density at radius 2 is 0.340 bits per heavy atom. The van der Waals surface area contributed by atoms with Gasteiger partial charge in [0.05, 0.1) is 83.3 Å². The van der Waals surface area contributed by atoms with Gasteiger partial charge in [0.1, 0.15) is 5.82 Å². The second-order valence-corrected chi connectivity index (χ2v) is 36.2. The van der Waals surface area contributed by atoms with Crippen molar-refractivity contribution in [3.8, 4) is 125 Å². The fourth-order valence-electron chi connectivity index (χ4n) is 21.4. The van der Waals surface area contributed by atoms with E-state index in [0.717, 1.165) is 156 Å². The van der Waals surface area contributed by atoms with Gasteiger partial charge in [-0.15, -0.1) is 0 Å². The van der Waals surface area contributed by atoms with Crippen molar-refractivity contribution in [3.05, 3.63) is 516 Å². The molecule has 0 spiro atoms. The molecular weight excluding hydrogens is 1760 g/mol. The summed E-state index contributed by atoms with van der Waals surface area (Å²) in [4.78, 5) is 36.4. The Hall–Kier alpha value is -19.6. The molecule has 9 aromatic heterocycles. The third-order valence-electron chi connectivity index (χ3n) is 27.9. The van der Waals surface area contributed by atoms with E-state index in [4.69, 9.17) is 34.9 Å². The third-order valence-corrected chi connectivity index (χ3v) is 27.9. The molecule has 0 saturated carbocycles. The molecular formula is C131H85N13. The molecule has 144 heavy (non-hydrogen) atoms. The van der Waals surface area contributed by atoms with Crippen molar-refractivity contribution in [2.24, 2.45) is 0 Å². The summed E-state index contributed by atoms with van der Waals surface area (Å²) in [6, 6.07) is 181. The molecule has 0 aliphatic heterocycles. The average molecular weight is 1840 g/mol. The Kier molecular flexibility index (Phi) is 20.6. The van der Waals surface area contributed by atoms with Gasteiger partial charge in [0.2, 0.25) is 11.9 Å². The molecule has 0 aliphatic carbocycles. The van der Waals surface area contributed by atoms with Crippen molar-refractivity contribution in [1.82, 2.24) is 62.3 Å². The first-order valence-corrected chi connectivity index (χ1v) is 48.6. The van der Waals surface area contributed by atoms with Crippen LogP contribution >= 0.6 is 0 Å². The highest BCUT2D eigenvalue weighted by molar-refractivity contribution is 6.27. The second-order valence-electron chi connectivity index (χ2n) is 36.2. The van der Waals surface area contributed by atoms with Crippen LogP contribution in [0, 0.1) is 0 Å². The summed E-state index contributed by atoms with van der Waals surface area (Å²) >= 11 is 0. The molecule has 0 radical (unpaired) electrons. The first kappa shape index (κ1) is 83.7. The minimum Gasteiger partial charge on any atom is -0.307 e. The predicted octanol–water partition coefficient (Wildman–Crippen LogP) is 32.7. The lowest BCUT2D eigenvalue weighted by Crippen LogP contribution is -2.07. The Labute approximate surface area is 828 Å². The van der Waals surface area contributed by atoms with Crippen LogP contribution in [0.15, 0.2) is 516 Å². The van der Waals surface area contributed by atoms with Gasteiger partial charge in [0, 0.05) is 121 Å². The Balaban J connectivity index is 0.000000108. The van der Waals surface area contributed by atoms with Crippen molar-refractivity contribution in [2.45, 2.75) is 0 Å². The van der Waals surface area contributed by atoms with Crippen molar-refractivity contribution >= 4 is 131 Å². The quantitative estimate of drug-likeness (QED) is 0.106. The van der Waals surface area contributed by atoms with Crippen molar-refractivity contribution in [3.63, 3.8) is 0 Å². The number of rotatable bonds is 14. The van der Waals surface area contributed by atoms with Crippen molar-refractivity contribution in [1.29, 1.82) is 0 Å². The van der Waals surface area contributed by atoms with Gasteiger partial charge < -0.3 is 13.7 Å². The summed E-state index contributed by atoms with van der Waals surface area (Å²) in [5.41, 5.74) is 30.1. The second kappa shape index (κ2) is 35.4. The average Bonchev–Trinajstić information content (AvgIpc) is 1.55. The van der Waals surface area contributed by atoms with Crippen molar-refractivity contribution in [2.75, 3.05) is 0 Å². The Morgan fingerprint density at radius 3 is 0.653 bits per heavy atom. The lowest BCUT2D eigenvalue weighted by Gasteiger charge is -2.14. The van der Waals surface area contributed by atoms with Crippen molar-refractivity contribution < 1.29 is 0 Å². The molecule has 0 amide bonds. The molecule has 0 N–H and O–H groups in total. The number of hydrogen-bond donors (Lipinski definition) is 0. The maximum Gasteiger partial charge on any atom is 0.238 e. The highest BCUT2D eigenvalue weighted by Crippen LogP contribution is 2.48. The van der Waals surface area contributed by atoms with E-state index in [1.54, 1.807) is 0 Å². The van der Waals surface area contributed by atoms with Crippen LogP contribution in [-0.4, -0.2) is 62.3 Å². The van der Waals surface area contributed by atoms with Gasteiger partial charge in [0.25, 0.3) is 0 Å². The lowest BCUT2D eigenvalue weighted by atomic mass is 10.1. The predicted molar refractivity (Wildman–Crippen MR) is 593 cm³/mol. The first-order valence-electron chi connectivity index (χ1n) is 48.6. The summed E-state index contributed by atoms with van der Waals surface area (Å²) < 4.78 is 14.1. The standard InChI is InChI=1S/C46H30N4.C45H29N5.C40H26N4/c1-4-14-31(15-5-1)32-24-26-35(27-25-32)49-42-22-12-10-20-36(42)38-28-29-39-37-21-11-13-23-43(37)50(45(39)44(38)49)46-47-40(33-16-6-2-7-17-33)30-41(48-46)34-18-8-3-9-19-34;1-4-14-30(15-5-1)31-24-26-34(27-25-31)49-39-22-12-10-20-35(39)37-28-29-38-36-21-11-13-23-40(36)50(42(38)41(37)49)45-47-43(32-16-6-2-7-17-32)46-44(48-45)33-18-8-3-9-19-33;1-4-14-27(15-5-1)34-26-37(42-40(41-34)28-16-6-2-7-17-28)44-36-23-13-11-21-31(36)33-25-24-32-30-20-10-12-22-35(30)43(38(32)39(33)44)29-18-8-3-9-19-29/h1-30H;1-29H;1-26H. The SMILES string of the molecule is c1ccc(-c2cc(-n3c4ccccc4c4ccc5c6ccccc6n(-c6ccccc6)c5c43)nc(-c3ccccc3)n2)cc1.c1ccc(-c2ccc(-n3c4ccccc4c4ccc5c6ccccc6n(-c6nc(-c7ccccc7)cc(-c7ccccc7)n6)c5c43)cc2)cc1.c1ccc(-c2ccc(-n3c4ccccc4c4ccc5c6ccccc6n(-c6nc(-c7ccccc7)nc(-c7ccccc7)n6)c5c43)cc2)cc1. The summed E-state index contributed by atoms with van der Waals surface area (Å²) in [6.07, 6.45) is 0. The monoisotopic (exact) mass is 1840 g/mol. The topological polar surface area (TPSA) is 120 Å². The van der Waals surface area contributed by atoms with Crippen LogP contribution in [0.3, 0.4) is 0 Å². The van der Waals surface area contributed by atoms with Crippen LogP contribution in [-0.2, 0) is 0 Å². The molecule has 13 heteroatoms. The summed E-state index contributed by atoms with van der Waals surface area (Å²) in [7, 11) is 0. The number of aromatic nitrogens is 13. The molecule has 0 fully saturated rings. The van der Waals surface area contributed by atoms with Crippen LogP contribution in [0.5, 0.6) is 0 Å². The number of hydrogen-bond acceptors (Lipinski definition) is 7.